The highest BCUT2D eigenvalue weighted by Crippen LogP contribution is 2.36. The standard InChI is InChI=1S/C18H20N3O2.CH4O3S/c22-20(23)17-7-5-16(6-8-17)19-10-13-21(14-11-19)12-9-15-3-1-2-4-18(15)21;1-5(2,3)4/h1-8H,9-14H2;1H3,(H,2,3,4)/q+1;/p-1. The van der Waals surface area contributed by atoms with Crippen LogP contribution >= 0.6 is 0 Å². The molecule has 1 spiro atoms. The molecule has 0 saturated carbocycles. The van der Waals surface area contributed by atoms with E-state index in [4.69, 9.17) is 13.0 Å². The lowest BCUT2D eigenvalue weighted by Gasteiger charge is -2.42. The Balaban J connectivity index is 0.000000403. The molecular formula is C19H23N3O5S. The summed E-state index contributed by atoms with van der Waals surface area (Å²) in [5.41, 5.74) is 4.23. The number of fused-ring (bicyclic) bond motifs is 2. The van der Waals surface area contributed by atoms with Crippen LogP contribution in [0.4, 0.5) is 17.1 Å². The largest absolute Gasteiger partial charge is 0.748 e. The Morgan fingerprint density at radius 2 is 1.57 bits per heavy atom. The highest BCUT2D eigenvalue weighted by molar-refractivity contribution is 7.84. The van der Waals surface area contributed by atoms with Crippen LogP contribution in [0.5, 0.6) is 0 Å². The van der Waals surface area contributed by atoms with Gasteiger partial charge in [0, 0.05) is 36.1 Å². The molecule has 0 bridgehead atoms. The van der Waals surface area contributed by atoms with E-state index in [1.165, 1.54) is 24.2 Å². The number of para-hydroxylation sites is 1. The van der Waals surface area contributed by atoms with Crippen molar-refractivity contribution in [2.75, 3.05) is 43.9 Å². The van der Waals surface area contributed by atoms with Gasteiger partial charge in [0.15, 0.2) is 0 Å². The van der Waals surface area contributed by atoms with E-state index in [-0.39, 0.29) is 10.6 Å². The minimum atomic E-state index is -3.92. The van der Waals surface area contributed by atoms with Crippen molar-refractivity contribution in [3.05, 3.63) is 64.2 Å². The van der Waals surface area contributed by atoms with Crippen LogP contribution in [0.3, 0.4) is 0 Å². The first-order valence-electron chi connectivity index (χ1n) is 9.03. The van der Waals surface area contributed by atoms with Crippen molar-refractivity contribution < 1.29 is 17.9 Å². The third kappa shape index (κ3) is 4.67. The summed E-state index contributed by atoms with van der Waals surface area (Å²) in [6, 6.07) is 15.7. The van der Waals surface area contributed by atoms with Crippen molar-refractivity contribution in [3.63, 3.8) is 0 Å². The van der Waals surface area contributed by atoms with E-state index >= 15 is 0 Å². The first-order valence-corrected chi connectivity index (χ1v) is 10.8. The number of benzene rings is 2. The van der Waals surface area contributed by atoms with Crippen LogP contribution in [0.2, 0.25) is 0 Å². The molecule has 0 aromatic heterocycles. The molecule has 2 aliphatic heterocycles. The van der Waals surface area contributed by atoms with Crippen LogP contribution in [0.15, 0.2) is 48.5 Å². The quantitative estimate of drug-likeness (QED) is 0.328. The Hall–Kier alpha value is -2.49. The van der Waals surface area contributed by atoms with Gasteiger partial charge < -0.3 is 9.45 Å². The van der Waals surface area contributed by atoms with E-state index in [0.717, 1.165) is 36.3 Å². The van der Waals surface area contributed by atoms with E-state index in [0.29, 0.717) is 6.26 Å². The number of nitro groups is 1. The summed E-state index contributed by atoms with van der Waals surface area (Å²) < 4.78 is 28.3. The van der Waals surface area contributed by atoms with E-state index in [9.17, 15) is 10.1 Å². The zero-order valence-corrected chi connectivity index (χ0v) is 16.5. The summed E-state index contributed by atoms with van der Waals surface area (Å²) in [5.74, 6) is 0. The number of nitro benzene ring substituents is 1. The van der Waals surface area contributed by atoms with Crippen LogP contribution in [-0.4, -0.2) is 56.9 Å². The van der Waals surface area contributed by atoms with Crippen molar-refractivity contribution in [3.8, 4) is 0 Å². The van der Waals surface area contributed by atoms with Crippen LogP contribution in [0.1, 0.15) is 5.56 Å². The van der Waals surface area contributed by atoms with Gasteiger partial charge in [-0.2, -0.15) is 0 Å². The summed E-state index contributed by atoms with van der Waals surface area (Å²) in [5, 5.41) is 10.8. The molecule has 2 aromatic rings. The Labute approximate surface area is 164 Å². The third-order valence-electron chi connectivity index (χ3n) is 5.33. The van der Waals surface area contributed by atoms with E-state index in [1.54, 1.807) is 12.1 Å². The molecule has 4 rings (SSSR count). The summed E-state index contributed by atoms with van der Waals surface area (Å²) in [6.07, 6.45) is 1.78. The minimum Gasteiger partial charge on any atom is -0.748 e. The average Bonchev–Trinajstić information content (AvgIpc) is 3.00. The summed E-state index contributed by atoms with van der Waals surface area (Å²) in [7, 11) is -3.92. The molecule has 150 valence electrons. The topological polar surface area (TPSA) is 104 Å². The van der Waals surface area contributed by atoms with Crippen LogP contribution < -0.4 is 9.38 Å². The van der Waals surface area contributed by atoms with Crippen molar-refractivity contribution in [1.29, 1.82) is 0 Å². The zero-order valence-electron chi connectivity index (χ0n) is 15.7. The molecule has 9 heteroatoms. The van der Waals surface area contributed by atoms with Gasteiger partial charge in [-0.1, -0.05) is 18.2 Å². The number of hydrogen-bond donors (Lipinski definition) is 0. The molecule has 1 fully saturated rings. The van der Waals surface area contributed by atoms with Crippen LogP contribution in [0, 0.1) is 10.1 Å². The molecule has 0 unspecified atom stereocenters. The SMILES string of the molecule is CS(=O)(=O)[O-].O=[N+]([O-])c1ccc(N2CC[N+]3(CCc4ccccc43)CC2)cc1. The van der Waals surface area contributed by atoms with Gasteiger partial charge in [0.1, 0.15) is 18.8 Å². The van der Waals surface area contributed by atoms with Gasteiger partial charge in [0.2, 0.25) is 0 Å². The molecule has 0 radical (unpaired) electrons. The minimum absolute atomic E-state index is 0.155. The Morgan fingerprint density at radius 1 is 1.00 bits per heavy atom. The van der Waals surface area contributed by atoms with Gasteiger partial charge in [0.25, 0.3) is 5.69 Å². The van der Waals surface area contributed by atoms with Crippen molar-refractivity contribution >= 4 is 27.2 Å². The number of non-ortho nitro benzene ring substituents is 1. The molecule has 0 N–H and O–H groups in total. The lowest BCUT2D eigenvalue weighted by molar-refractivity contribution is -0.384. The third-order valence-corrected chi connectivity index (χ3v) is 5.33. The number of nitrogens with zero attached hydrogens (tertiary/aromatic N) is 3. The summed E-state index contributed by atoms with van der Waals surface area (Å²) in [4.78, 5) is 12.8. The molecule has 1 saturated heterocycles. The van der Waals surface area contributed by atoms with Gasteiger partial charge in [-0.15, -0.1) is 0 Å². The van der Waals surface area contributed by atoms with Gasteiger partial charge in [-0.05, 0) is 18.2 Å². The second-order valence-corrected chi connectivity index (χ2v) is 8.57. The summed E-state index contributed by atoms with van der Waals surface area (Å²) >= 11 is 0. The predicted molar refractivity (Wildman–Crippen MR) is 107 cm³/mol. The second kappa shape index (κ2) is 7.86. The molecule has 8 nitrogen and oxygen atoms in total. The number of anilines is 1. The van der Waals surface area contributed by atoms with E-state index < -0.39 is 10.1 Å². The fourth-order valence-electron chi connectivity index (χ4n) is 4.00. The Kier molecular flexibility index (Phi) is 5.69. The maximum atomic E-state index is 10.8. The molecular weight excluding hydrogens is 382 g/mol. The Bertz CT molecular complexity index is 944. The Morgan fingerprint density at radius 3 is 2.14 bits per heavy atom. The lowest BCUT2D eigenvalue weighted by atomic mass is 10.1. The molecule has 0 aliphatic carbocycles. The average molecular weight is 405 g/mol. The zero-order chi connectivity index (χ0) is 20.4. The van der Waals surface area contributed by atoms with Crippen molar-refractivity contribution in [2.45, 2.75) is 6.42 Å². The van der Waals surface area contributed by atoms with Crippen LogP contribution in [0.25, 0.3) is 0 Å². The molecule has 0 amide bonds. The smallest absolute Gasteiger partial charge is 0.269 e. The van der Waals surface area contributed by atoms with Gasteiger partial charge in [-0.3, -0.25) is 14.6 Å². The first kappa shape index (κ1) is 20.2. The number of hydrogen-bond acceptors (Lipinski definition) is 6. The number of quaternary nitrogens is 1. The van der Waals surface area contributed by atoms with Gasteiger partial charge >= 0.3 is 0 Å². The maximum Gasteiger partial charge on any atom is 0.269 e. The number of piperazine rings is 1. The lowest BCUT2D eigenvalue weighted by Crippen LogP contribution is -2.60. The van der Waals surface area contributed by atoms with Crippen molar-refractivity contribution in [1.82, 2.24) is 4.48 Å². The fraction of sp³-hybridized carbons (Fsp3) is 0.368. The van der Waals surface area contributed by atoms with Crippen LogP contribution in [-0.2, 0) is 16.5 Å². The number of rotatable bonds is 2. The molecule has 2 aliphatic rings. The first-order chi connectivity index (χ1) is 13.2. The molecule has 28 heavy (non-hydrogen) atoms. The molecule has 0 atom stereocenters. The van der Waals surface area contributed by atoms with Gasteiger partial charge in [0.05, 0.1) is 34.7 Å². The second-order valence-electron chi connectivity index (χ2n) is 7.16. The normalized spacial score (nSPS) is 17.6. The van der Waals surface area contributed by atoms with E-state index in [2.05, 4.69) is 29.2 Å². The van der Waals surface area contributed by atoms with E-state index in [1.807, 2.05) is 12.1 Å². The molecule has 2 heterocycles. The predicted octanol–water partition coefficient (Wildman–Crippen LogP) is 2.14. The maximum absolute atomic E-state index is 10.8. The molecule has 2 aromatic carbocycles. The van der Waals surface area contributed by atoms with Gasteiger partial charge in [-0.25, -0.2) is 8.42 Å². The summed E-state index contributed by atoms with van der Waals surface area (Å²) in [6.45, 7) is 5.40. The fourth-order valence-corrected chi connectivity index (χ4v) is 4.00. The van der Waals surface area contributed by atoms with Crippen molar-refractivity contribution in [2.24, 2.45) is 0 Å². The highest BCUT2D eigenvalue weighted by atomic mass is 32.2. The highest BCUT2D eigenvalue weighted by Gasteiger charge is 2.40. The monoisotopic (exact) mass is 405 g/mol.